The number of ether oxygens (including phenoxy) is 2. The van der Waals surface area contributed by atoms with Crippen molar-refractivity contribution in [2.24, 2.45) is 5.41 Å². The molecule has 0 aromatic rings. The van der Waals surface area contributed by atoms with E-state index in [0.29, 0.717) is 12.1 Å². The average Bonchev–Trinajstić information content (AvgIpc) is 2.70. The molecule has 0 aromatic carbocycles. The Kier molecular flexibility index (Phi) is 3.81. The predicted molar refractivity (Wildman–Crippen MR) is 69.2 cm³/mol. The van der Waals surface area contributed by atoms with Crippen LogP contribution in [0.5, 0.6) is 0 Å². The van der Waals surface area contributed by atoms with Crippen molar-refractivity contribution in [3.63, 3.8) is 0 Å². The highest BCUT2D eigenvalue weighted by atomic mass is 16.5. The Morgan fingerprint density at radius 3 is 2.65 bits per heavy atom. The molecule has 3 heteroatoms. The Hall–Kier alpha value is -0.120. The number of hydrogen-bond acceptors (Lipinski definition) is 3. The summed E-state index contributed by atoms with van der Waals surface area (Å²) in [5, 5.41) is 3.68. The zero-order chi connectivity index (χ0) is 12.5. The Bertz CT molecular complexity index is 259. The van der Waals surface area contributed by atoms with Gasteiger partial charge in [-0.05, 0) is 33.1 Å². The van der Waals surface area contributed by atoms with Gasteiger partial charge in [-0.1, -0.05) is 13.8 Å². The second kappa shape index (κ2) is 4.87. The van der Waals surface area contributed by atoms with Crippen LogP contribution in [0.1, 0.15) is 47.0 Å². The molecule has 0 bridgehead atoms. The Morgan fingerprint density at radius 2 is 2.12 bits per heavy atom. The van der Waals surface area contributed by atoms with Crippen LogP contribution < -0.4 is 5.32 Å². The standard InChI is InChI=1S/C14H27NO2/c1-5-16-12-9-11(13(12,2)3)15-10-14(4)7-6-8-17-14/h11-12,15H,5-10H2,1-4H3. The van der Waals surface area contributed by atoms with Gasteiger partial charge in [-0.2, -0.15) is 0 Å². The number of hydrogen-bond donors (Lipinski definition) is 1. The maximum Gasteiger partial charge on any atom is 0.0779 e. The van der Waals surface area contributed by atoms with E-state index in [4.69, 9.17) is 9.47 Å². The summed E-state index contributed by atoms with van der Waals surface area (Å²) in [6, 6.07) is 0.570. The molecule has 0 spiro atoms. The Labute approximate surface area is 105 Å². The second-order valence-corrected chi connectivity index (χ2v) is 6.34. The SMILES string of the molecule is CCOC1CC(NCC2(C)CCCO2)C1(C)C. The van der Waals surface area contributed by atoms with E-state index in [1.54, 1.807) is 0 Å². The highest BCUT2D eigenvalue weighted by molar-refractivity contribution is 5.03. The molecule has 3 unspecified atom stereocenters. The monoisotopic (exact) mass is 241 g/mol. The van der Waals surface area contributed by atoms with E-state index in [1.165, 1.54) is 12.8 Å². The zero-order valence-corrected chi connectivity index (χ0v) is 11.7. The number of rotatable bonds is 5. The molecule has 1 saturated carbocycles. The molecule has 0 amide bonds. The Morgan fingerprint density at radius 1 is 1.35 bits per heavy atom. The van der Waals surface area contributed by atoms with Crippen molar-refractivity contribution < 1.29 is 9.47 Å². The number of nitrogens with one attached hydrogen (secondary N) is 1. The molecule has 3 nitrogen and oxygen atoms in total. The van der Waals surface area contributed by atoms with Gasteiger partial charge in [0.25, 0.3) is 0 Å². The van der Waals surface area contributed by atoms with E-state index in [-0.39, 0.29) is 11.0 Å². The molecule has 0 aromatic heterocycles. The Balaban J connectivity index is 1.78. The van der Waals surface area contributed by atoms with E-state index in [0.717, 1.165) is 26.2 Å². The van der Waals surface area contributed by atoms with Crippen LogP contribution in [0.4, 0.5) is 0 Å². The van der Waals surface area contributed by atoms with Crippen LogP contribution in [0.3, 0.4) is 0 Å². The molecule has 17 heavy (non-hydrogen) atoms. The van der Waals surface area contributed by atoms with E-state index < -0.39 is 0 Å². The fourth-order valence-corrected chi connectivity index (χ4v) is 3.03. The fraction of sp³-hybridized carbons (Fsp3) is 1.00. The normalized spacial score (nSPS) is 40.2. The van der Waals surface area contributed by atoms with Gasteiger partial charge < -0.3 is 14.8 Å². The van der Waals surface area contributed by atoms with Crippen molar-refractivity contribution >= 4 is 0 Å². The summed E-state index contributed by atoms with van der Waals surface area (Å²) < 4.78 is 11.6. The molecular weight excluding hydrogens is 214 g/mol. The molecular formula is C14H27NO2. The van der Waals surface area contributed by atoms with Crippen LogP contribution >= 0.6 is 0 Å². The second-order valence-electron chi connectivity index (χ2n) is 6.34. The van der Waals surface area contributed by atoms with Gasteiger partial charge in [0.05, 0.1) is 11.7 Å². The first-order valence-electron chi connectivity index (χ1n) is 6.97. The van der Waals surface area contributed by atoms with Gasteiger partial charge in [-0.3, -0.25) is 0 Å². The van der Waals surface area contributed by atoms with Gasteiger partial charge >= 0.3 is 0 Å². The zero-order valence-electron chi connectivity index (χ0n) is 11.7. The van der Waals surface area contributed by atoms with Crippen molar-refractivity contribution in [3.8, 4) is 0 Å². The van der Waals surface area contributed by atoms with Gasteiger partial charge in [-0.25, -0.2) is 0 Å². The van der Waals surface area contributed by atoms with E-state index >= 15 is 0 Å². The van der Waals surface area contributed by atoms with Crippen molar-refractivity contribution in [3.05, 3.63) is 0 Å². The lowest BCUT2D eigenvalue weighted by Gasteiger charge is -2.52. The van der Waals surface area contributed by atoms with Crippen LogP contribution in [-0.2, 0) is 9.47 Å². The maximum atomic E-state index is 5.81. The molecule has 1 saturated heterocycles. The van der Waals surface area contributed by atoms with Gasteiger partial charge in [-0.15, -0.1) is 0 Å². The van der Waals surface area contributed by atoms with Crippen molar-refractivity contribution in [2.45, 2.75) is 64.7 Å². The molecule has 1 aliphatic carbocycles. The van der Waals surface area contributed by atoms with Crippen LogP contribution in [0, 0.1) is 5.41 Å². The molecule has 100 valence electrons. The van der Waals surface area contributed by atoms with Crippen LogP contribution in [0.25, 0.3) is 0 Å². The summed E-state index contributed by atoms with van der Waals surface area (Å²) in [6.45, 7) is 11.6. The smallest absolute Gasteiger partial charge is 0.0779 e. The summed E-state index contributed by atoms with van der Waals surface area (Å²) in [4.78, 5) is 0. The third-order valence-corrected chi connectivity index (χ3v) is 4.57. The quantitative estimate of drug-likeness (QED) is 0.801. The van der Waals surface area contributed by atoms with Crippen molar-refractivity contribution in [1.29, 1.82) is 0 Å². The first-order valence-corrected chi connectivity index (χ1v) is 6.97. The first-order chi connectivity index (χ1) is 7.98. The van der Waals surface area contributed by atoms with Gasteiger partial charge in [0, 0.05) is 31.2 Å². The molecule has 2 aliphatic rings. The summed E-state index contributed by atoms with van der Waals surface area (Å²) in [5.41, 5.74) is 0.317. The maximum absolute atomic E-state index is 5.81. The fourth-order valence-electron chi connectivity index (χ4n) is 3.03. The highest BCUT2D eigenvalue weighted by Gasteiger charge is 2.49. The molecule has 2 fully saturated rings. The lowest BCUT2D eigenvalue weighted by atomic mass is 9.64. The van der Waals surface area contributed by atoms with Crippen molar-refractivity contribution in [2.75, 3.05) is 19.8 Å². The van der Waals surface area contributed by atoms with Crippen LogP contribution in [0.15, 0.2) is 0 Å². The summed E-state index contributed by atoms with van der Waals surface area (Å²) in [6.07, 6.45) is 3.94. The topological polar surface area (TPSA) is 30.5 Å². The van der Waals surface area contributed by atoms with Crippen LogP contribution in [-0.4, -0.2) is 37.5 Å². The van der Waals surface area contributed by atoms with Crippen molar-refractivity contribution in [1.82, 2.24) is 5.32 Å². The lowest BCUT2D eigenvalue weighted by molar-refractivity contribution is -0.118. The van der Waals surface area contributed by atoms with Gasteiger partial charge in [0.1, 0.15) is 0 Å². The summed E-state index contributed by atoms with van der Waals surface area (Å²) in [7, 11) is 0. The highest BCUT2D eigenvalue weighted by Crippen LogP contribution is 2.43. The minimum Gasteiger partial charge on any atom is -0.378 e. The van der Waals surface area contributed by atoms with E-state index in [1.807, 2.05) is 0 Å². The first kappa shape index (κ1) is 13.3. The lowest BCUT2D eigenvalue weighted by Crippen LogP contribution is -2.62. The molecule has 2 rings (SSSR count). The largest absolute Gasteiger partial charge is 0.378 e. The van der Waals surface area contributed by atoms with Crippen LogP contribution in [0.2, 0.25) is 0 Å². The minimum absolute atomic E-state index is 0.0623. The predicted octanol–water partition coefficient (Wildman–Crippen LogP) is 2.35. The van der Waals surface area contributed by atoms with Gasteiger partial charge in [0.15, 0.2) is 0 Å². The molecule has 0 radical (unpaired) electrons. The van der Waals surface area contributed by atoms with E-state index in [9.17, 15) is 0 Å². The van der Waals surface area contributed by atoms with Gasteiger partial charge in [0.2, 0.25) is 0 Å². The molecule has 1 aliphatic heterocycles. The minimum atomic E-state index is 0.0623. The molecule has 1 N–H and O–H groups in total. The third kappa shape index (κ3) is 2.67. The summed E-state index contributed by atoms with van der Waals surface area (Å²) in [5.74, 6) is 0. The average molecular weight is 241 g/mol. The van der Waals surface area contributed by atoms with E-state index in [2.05, 4.69) is 33.0 Å². The summed E-state index contributed by atoms with van der Waals surface area (Å²) >= 11 is 0. The third-order valence-electron chi connectivity index (χ3n) is 4.57. The molecule has 3 atom stereocenters. The molecule has 1 heterocycles.